The van der Waals surface area contributed by atoms with Crippen LogP contribution in [0.15, 0.2) is 11.6 Å². The third kappa shape index (κ3) is 4.86. The van der Waals surface area contributed by atoms with Crippen LogP contribution < -0.4 is 0 Å². The summed E-state index contributed by atoms with van der Waals surface area (Å²) in [6.45, 7) is 2.03. The Kier molecular flexibility index (Phi) is 4.89. The van der Waals surface area contributed by atoms with Gasteiger partial charge in [0.15, 0.2) is 0 Å². The summed E-state index contributed by atoms with van der Waals surface area (Å²) in [5.74, 6) is -0.0253. The fourth-order valence-corrected chi connectivity index (χ4v) is 2.39. The Morgan fingerprint density at radius 1 is 1.67 bits per heavy atom. The standard InChI is InChI=1S/C8H14NO4PS/c1-2-3-7(6-13-14(10,11)12)8-9-4-5-15-8/h4-5,7H,2-3,6H2,1H3,(H2,10,11,12). The van der Waals surface area contributed by atoms with Gasteiger partial charge in [0, 0.05) is 17.5 Å². The minimum atomic E-state index is -4.37. The summed E-state index contributed by atoms with van der Waals surface area (Å²) in [5.41, 5.74) is 0. The van der Waals surface area contributed by atoms with Gasteiger partial charge in [-0.05, 0) is 6.42 Å². The van der Waals surface area contributed by atoms with E-state index in [-0.39, 0.29) is 12.5 Å². The molecule has 1 aromatic heterocycles. The van der Waals surface area contributed by atoms with Gasteiger partial charge in [0.2, 0.25) is 0 Å². The van der Waals surface area contributed by atoms with Crippen molar-refractivity contribution >= 4 is 19.2 Å². The van der Waals surface area contributed by atoms with E-state index in [1.54, 1.807) is 6.20 Å². The molecule has 1 atom stereocenters. The zero-order chi connectivity index (χ0) is 11.3. The maximum Gasteiger partial charge on any atom is 0.469 e. The first-order valence-electron chi connectivity index (χ1n) is 4.62. The minimum absolute atomic E-state index is 0.0195. The van der Waals surface area contributed by atoms with Gasteiger partial charge in [0.05, 0.1) is 11.6 Å². The molecule has 0 amide bonds. The number of aromatic nitrogens is 1. The van der Waals surface area contributed by atoms with Crippen LogP contribution >= 0.6 is 19.2 Å². The molecular formula is C8H14NO4PS. The Morgan fingerprint density at radius 3 is 2.87 bits per heavy atom. The van der Waals surface area contributed by atoms with Crippen molar-refractivity contribution < 1.29 is 18.9 Å². The number of phosphoric acid groups is 1. The van der Waals surface area contributed by atoms with E-state index in [9.17, 15) is 4.57 Å². The van der Waals surface area contributed by atoms with Crippen LogP contribution in [0.4, 0.5) is 0 Å². The Labute approximate surface area is 92.4 Å². The topological polar surface area (TPSA) is 79.7 Å². The highest BCUT2D eigenvalue weighted by Gasteiger charge is 2.20. The first kappa shape index (κ1) is 12.8. The summed E-state index contributed by atoms with van der Waals surface area (Å²) in [6.07, 6.45) is 3.42. The molecule has 7 heteroatoms. The average molecular weight is 251 g/mol. The van der Waals surface area contributed by atoms with Crippen molar-refractivity contribution in [2.45, 2.75) is 25.7 Å². The molecule has 1 heterocycles. The Bertz CT molecular complexity index is 323. The molecule has 0 aromatic carbocycles. The molecule has 0 spiro atoms. The lowest BCUT2D eigenvalue weighted by molar-refractivity contribution is 0.183. The second-order valence-corrected chi connectivity index (χ2v) is 5.31. The van der Waals surface area contributed by atoms with Gasteiger partial charge < -0.3 is 9.79 Å². The predicted octanol–water partition coefficient (Wildman–Crippen LogP) is 2.14. The summed E-state index contributed by atoms with van der Waals surface area (Å²) in [4.78, 5) is 21.3. The molecule has 1 unspecified atom stereocenters. The molecule has 86 valence electrons. The van der Waals surface area contributed by atoms with E-state index >= 15 is 0 Å². The maximum absolute atomic E-state index is 10.6. The van der Waals surface area contributed by atoms with Gasteiger partial charge in [-0.15, -0.1) is 11.3 Å². The van der Waals surface area contributed by atoms with Crippen LogP contribution in [0.1, 0.15) is 30.7 Å². The smallest absolute Gasteiger partial charge is 0.303 e. The molecule has 0 radical (unpaired) electrons. The number of phosphoric ester groups is 1. The summed E-state index contributed by atoms with van der Waals surface area (Å²) in [6, 6.07) is 0. The van der Waals surface area contributed by atoms with Gasteiger partial charge in [-0.3, -0.25) is 4.52 Å². The number of hydrogen-bond acceptors (Lipinski definition) is 4. The Hall–Kier alpha value is -0.260. The second kappa shape index (κ2) is 5.72. The largest absolute Gasteiger partial charge is 0.469 e. The van der Waals surface area contributed by atoms with Crippen molar-refractivity contribution in [3.8, 4) is 0 Å². The molecule has 2 N–H and O–H groups in total. The molecule has 0 aliphatic rings. The lowest BCUT2D eigenvalue weighted by Crippen LogP contribution is -2.06. The lowest BCUT2D eigenvalue weighted by atomic mass is 10.1. The van der Waals surface area contributed by atoms with Crippen LogP contribution in [0, 0.1) is 0 Å². The first-order chi connectivity index (χ1) is 7.03. The average Bonchev–Trinajstić information content (AvgIpc) is 2.63. The molecule has 0 saturated heterocycles. The monoisotopic (exact) mass is 251 g/mol. The predicted molar refractivity (Wildman–Crippen MR) is 57.8 cm³/mol. The highest BCUT2D eigenvalue weighted by Crippen LogP contribution is 2.38. The Balaban J connectivity index is 2.56. The van der Waals surface area contributed by atoms with E-state index < -0.39 is 7.82 Å². The van der Waals surface area contributed by atoms with Gasteiger partial charge in [-0.1, -0.05) is 13.3 Å². The van der Waals surface area contributed by atoms with Crippen LogP contribution in [-0.4, -0.2) is 21.4 Å². The van der Waals surface area contributed by atoms with Crippen molar-refractivity contribution in [3.05, 3.63) is 16.6 Å². The Morgan fingerprint density at radius 2 is 2.40 bits per heavy atom. The van der Waals surface area contributed by atoms with Crippen LogP contribution in [0.25, 0.3) is 0 Å². The molecule has 1 aromatic rings. The summed E-state index contributed by atoms with van der Waals surface area (Å²) in [5, 5.41) is 2.71. The second-order valence-electron chi connectivity index (χ2n) is 3.14. The molecule has 0 aliphatic heterocycles. The van der Waals surface area contributed by atoms with Crippen LogP contribution in [-0.2, 0) is 9.09 Å². The van der Waals surface area contributed by atoms with Crippen molar-refractivity contribution in [1.29, 1.82) is 0 Å². The highest BCUT2D eigenvalue weighted by atomic mass is 32.1. The van der Waals surface area contributed by atoms with Gasteiger partial charge in [-0.25, -0.2) is 9.55 Å². The van der Waals surface area contributed by atoms with E-state index in [4.69, 9.17) is 9.79 Å². The van der Waals surface area contributed by atoms with Gasteiger partial charge in [0.1, 0.15) is 0 Å². The van der Waals surface area contributed by atoms with Gasteiger partial charge in [-0.2, -0.15) is 0 Å². The number of nitrogens with zero attached hydrogens (tertiary/aromatic N) is 1. The molecule has 0 saturated carbocycles. The minimum Gasteiger partial charge on any atom is -0.303 e. The third-order valence-electron chi connectivity index (χ3n) is 1.88. The first-order valence-corrected chi connectivity index (χ1v) is 7.03. The van der Waals surface area contributed by atoms with Gasteiger partial charge >= 0.3 is 7.82 Å². The summed E-state index contributed by atoms with van der Waals surface area (Å²) >= 11 is 1.48. The maximum atomic E-state index is 10.6. The zero-order valence-corrected chi connectivity index (χ0v) is 10.1. The lowest BCUT2D eigenvalue weighted by Gasteiger charge is -2.13. The molecule has 5 nitrogen and oxygen atoms in total. The molecule has 0 fully saturated rings. The molecular weight excluding hydrogens is 237 g/mol. The van der Waals surface area contributed by atoms with E-state index in [2.05, 4.69) is 9.51 Å². The van der Waals surface area contributed by atoms with Crippen LogP contribution in [0.3, 0.4) is 0 Å². The van der Waals surface area contributed by atoms with Gasteiger partial charge in [0.25, 0.3) is 0 Å². The number of thiazole rings is 1. The SMILES string of the molecule is CCCC(COP(=O)(O)O)c1nccs1. The van der Waals surface area contributed by atoms with Crippen molar-refractivity contribution in [2.75, 3.05) is 6.61 Å². The fraction of sp³-hybridized carbons (Fsp3) is 0.625. The van der Waals surface area contributed by atoms with E-state index in [0.29, 0.717) is 0 Å². The fourth-order valence-electron chi connectivity index (χ4n) is 1.25. The van der Waals surface area contributed by atoms with E-state index in [1.807, 2.05) is 12.3 Å². The van der Waals surface area contributed by atoms with Crippen molar-refractivity contribution in [2.24, 2.45) is 0 Å². The van der Waals surface area contributed by atoms with Crippen molar-refractivity contribution in [1.82, 2.24) is 4.98 Å². The summed E-state index contributed by atoms with van der Waals surface area (Å²) in [7, 11) is -4.37. The van der Waals surface area contributed by atoms with E-state index in [0.717, 1.165) is 17.8 Å². The molecule has 0 bridgehead atoms. The normalized spacial score (nSPS) is 14.1. The highest BCUT2D eigenvalue weighted by molar-refractivity contribution is 7.46. The molecule has 0 aliphatic carbocycles. The zero-order valence-electron chi connectivity index (χ0n) is 8.37. The third-order valence-corrected chi connectivity index (χ3v) is 3.31. The molecule has 1 rings (SSSR count). The van der Waals surface area contributed by atoms with Crippen LogP contribution in [0.2, 0.25) is 0 Å². The summed E-state index contributed by atoms with van der Waals surface area (Å²) < 4.78 is 15.1. The van der Waals surface area contributed by atoms with Crippen molar-refractivity contribution in [3.63, 3.8) is 0 Å². The van der Waals surface area contributed by atoms with Crippen LogP contribution in [0.5, 0.6) is 0 Å². The number of rotatable bonds is 6. The van der Waals surface area contributed by atoms with E-state index in [1.165, 1.54) is 11.3 Å². The molecule has 15 heavy (non-hydrogen) atoms. The number of hydrogen-bond donors (Lipinski definition) is 2. The quantitative estimate of drug-likeness (QED) is 0.757.